The lowest BCUT2D eigenvalue weighted by atomic mass is 10.1. The number of benzene rings is 2. The van der Waals surface area contributed by atoms with Gasteiger partial charge in [-0.15, -0.1) is 11.8 Å². The van der Waals surface area contributed by atoms with Crippen LogP contribution in [-0.2, 0) is 4.79 Å². The first kappa shape index (κ1) is 19.2. The fourth-order valence-electron chi connectivity index (χ4n) is 3.11. The Hall–Kier alpha value is -2.54. The van der Waals surface area contributed by atoms with Crippen molar-refractivity contribution in [3.05, 3.63) is 42.0 Å². The first-order valence-electron chi connectivity index (χ1n) is 8.51. The molecule has 7 heteroatoms. The third kappa shape index (κ3) is 3.64. The lowest BCUT2D eigenvalue weighted by molar-refractivity contribution is -0.115. The van der Waals surface area contributed by atoms with Crippen LogP contribution in [0.15, 0.2) is 36.4 Å². The van der Waals surface area contributed by atoms with E-state index in [2.05, 4.69) is 0 Å². The van der Waals surface area contributed by atoms with E-state index in [1.807, 2.05) is 60.3 Å². The second-order valence-electron chi connectivity index (χ2n) is 6.30. The number of carbonyl (C=O) groups excluding carboxylic acids is 1. The molecule has 144 valence electrons. The van der Waals surface area contributed by atoms with Gasteiger partial charge in [-0.1, -0.05) is 0 Å². The van der Waals surface area contributed by atoms with E-state index in [0.29, 0.717) is 23.0 Å². The van der Waals surface area contributed by atoms with E-state index in [1.165, 1.54) is 0 Å². The van der Waals surface area contributed by atoms with Gasteiger partial charge in [-0.3, -0.25) is 9.69 Å². The van der Waals surface area contributed by atoms with Crippen molar-refractivity contribution in [1.29, 1.82) is 0 Å². The Morgan fingerprint density at radius 1 is 1.00 bits per heavy atom. The highest BCUT2D eigenvalue weighted by Gasteiger charge is 2.35. The van der Waals surface area contributed by atoms with Crippen LogP contribution in [-0.4, -0.2) is 47.1 Å². The molecule has 6 nitrogen and oxygen atoms in total. The van der Waals surface area contributed by atoms with Crippen molar-refractivity contribution in [2.75, 3.05) is 51.0 Å². The van der Waals surface area contributed by atoms with Gasteiger partial charge in [-0.25, -0.2) is 0 Å². The van der Waals surface area contributed by atoms with E-state index in [-0.39, 0.29) is 11.3 Å². The molecule has 0 saturated carbocycles. The first-order valence-corrected chi connectivity index (χ1v) is 9.56. The largest absolute Gasteiger partial charge is 0.493 e. The van der Waals surface area contributed by atoms with Gasteiger partial charge >= 0.3 is 0 Å². The number of carbonyl (C=O) groups is 1. The molecule has 0 aromatic heterocycles. The summed E-state index contributed by atoms with van der Waals surface area (Å²) >= 11 is 1.58. The third-order valence-electron chi connectivity index (χ3n) is 4.48. The van der Waals surface area contributed by atoms with Crippen LogP contribution in [0.2, 0.25) is 0 Å². The number of hydrogen-bond donors (Lipinski definition) is 0. The SMILES string of the molecule is COc1cc(C2SCC(=O)N2c2ccc(N(C)C)cc2)cc(OC)c1OC. The smallest absolute Gasteiger partial charge is 0.238 e. The molecule has 0 spiro atoms. The lowest BCUT2D eigenvalue weighted by Crippen LogP contribution is -2.27. The summed E-state index contributed by atoms with van der Waals surface area (Å²) in [5.74, 6) is 2.21. The minimum atomic E-state index is -0.156. The van der Waals surface area contributed by atoms with E-state index in [4.69, 9.17) is 14.2 Å². The van der Waals surface area contributed by atoms with Crippen LogP contribution in [0.3, 0.4) is 0 Å². The number of rotatable bonds is 6. The monoisotopic (exact) mass is 388 g/mol. The lowest BCUT2D eigenvalue weighted by Gasteiger charge is -2.26. The van der Waals surface area contributed by atoms with Crippen molar-refractivity contribution < 1.29 is 19.0 Å². The molecule has 1 heterocycles. The molecule has 1 aliphatic heterocycles. The van der Waals surface area contributed by atoms with Crippen molar-refractivity contribution in [2.24, 2.45) is 0 Å². The minimum absolute atomic E-state index is 0.0800. The zero-order chi connectivity index (χ0) is 19.6. The van der Waals surface area contributed by atoms with Gasteiger partial charge in [0, 0.05) is 25.5 Å². The summed E-state index contributed by atoms with van der Waals surface area (Å²) in [6.45, 7) is 0. The van der Waals surface area contributed by atoms with Crippen molar-refractivity contribution in [3.8, 4) is 17.2 Å². The van der Waals surface area contributed by atoms with Gasteiger partial charge in [0.15, 0.2) is 11.5 Å². The normalized spacial score (nSPS) is 16.4. The van der Waals surface area contributed by atoms with Crippen LogP contribution in [0.1, 0.15) is 10.9 Å². The highest BCUT2D eigenvalue weighted by Crippen LogP contribution is 2.47. The third-order valence-corrected chi connectivity index (χ3v) is 5.70. The van der Waals surface area contributed by atoms with Crippen molar-refractivity contribution >= 4 is 29.0 Å². The van der Waals surface area contributed by atoms with Gasteiger partial charge in [0.05, 0.1) is 27.1 Å². The predicted molar refractivity (Wildman–Crippen MR) is 110 cm³/mol. The minimum Gasteiger partial charge on any atom is -0.493 e. The second-order valence-corrected chi connectivity index (χ2v) is 7.37. The molecule has 0 bridgehead atoms. The summed E-state index contributed by atoms with van der Waals surface area (Å²) in [6, 6.07) is 11.8. The highest BCUT2D eigenvalue weighted by atomic mass is 32.2. The molecule has 1 amide bonds. The molecule has 1 unspecified atom stereocenters. The highest BCUT2D eigenvalue weighted by molar-refractivity contribution is 8.00. The Balaban J connectivity index is 2.01. The maximum Gasteiger partial charge on any atom is 0.238 e. The fraction of sp³-hybridized carbons (Fsp3) is 0.350. The van der Waals surface area contributed by atoms with Gasteiger partial charge in [-0.2, -0.15) is 0 Å². The number of thioether (sulfide) groups is 1. The second kappa shape index (κ2) is 8.00. The Morgan fingerprint density at radius 2 is 1.59 bits per heavy atom. The molecular formula is C20H24N2O4S. The molecule has 1 fully saturated rings. The van der Waals surface area contributed by atoms with Crippen LogP contribution >= 0.6 is 11.8 Å². The number of anilines is 2. The molecule has 3 rings (SSSR count). The molecule has 1 aliphatic rings. The predicted octanol–water partition coefficient (Wildman–Crippen LogP) is 3.56. The fourth-order valence-corrected chi connectivity index (χ4v) is 4.26. The molecule has 0 aliphatic carbocycles. The summed E-state index contributed by atoms with van der Waals surface area (Å²) in [5, 5.41) is -0.156. The Bertz CT molecular complexity index is 798. The van der Waals surface area contributed by atoms with E-state index < -0.39 is 0 Å². The van der Waals surface area contributed by atoms with Crippen LogP contribution in [0.25, 0.3) is 0 Å². The molecule has 0 N–H and O–H groups in total. The van der Waals surface area contributed by atoms with Crippen molar-refractivity contribution in [3.63, 3.8) is 0 Å². The number of amides is 1. The average molecular weight is 388 g/mol. The van der Waals surface area contributed by atoms with Crippen LogP contribution in [0.5, 0.6) is 17.2 Å². The summed E-state index contributed by atoms with van der Waals surface area (Å²) in [5.41, 5.74) is 2.88. The summed E-state index contributed by atoms with van der Waals surface area (Å²) in [4.78, 5) is 16.5. The Morgan fingerprint density at radius 3 is 2.07 bits per heavy atom. The maximum atomic E-state index is 12.6. The number of hydrogen-bond acceptors (Lipinski definition) is 6. The van der Waals surface area contributed by atoms with Crippen molar-refractivity contribution in [2.45, 2.75) is 5.37 Å². The molecule has 1 saturated heterocycles. The molecule has 2 aromatic rings. The van der Waals surface area contributed by atoms with Crippen LogP contribution in [0.4, 0.5) is 11.4 Å². The van der Waals surface area contributed by atoms with E-state index in [9.17, 15) is 4.79 Å². The summed E-state index contributed by atoms with van der Waals surface area (Å²) in [6.07, 6.45) is 0. The summed E-state index contributed by atoms with van der Waals surface area (Å²) in [7, 11) is 8.74. The van der Waals surface area contributed by atoms with E-state index >= 15 is 0 Å². The van der Waals surface area contributed by atoms with Gasteiger partial charge in [-0.05, 0) is 42.0 Å². The van der Waals surface area contributed by atoms with Crippen LogP contribution in [0, 0.1) is 0 Å². The number of methoxy groups -OCH3 is 3. The number of nitrogens with zero attached hydrogens (tertiary/aromatic N) is 2. The topological polar surface area (TPSA) is 51.2 Å². The van der Waals surface area contributed by atoms with Gasteiger partial charge < -0.3 is 19.1 Å². The van der Waals surface area contributed by atoms with Crippen LogP contribution < -0.4 is 24.0 Å². The molecule has 2 aromatic carbocycles. The van der Waals surface area contributed by atoms with Gasteiger partial charge in [0.2, 0.25) is 11.7 Å². The van der Waals surface area contributed by atoms with Gasteiger partial charge in [0.25, 0.3) is 0 Å². The number of ether oxygens (including phenoxy) is 3. The molecule has 27 heavy (non-hydrogen) atoms. The molecular weight excluding hydrogens is 364 g/mol. The standard InChI is InChI=1S/C20H24N2O4S/c1-21(2)14-6-8-15(9-7-14)22-18(23)12-27-20(22)13-10-16(24-3)19(26-5)17(11-13)25-4/h6-11,20H,12H2,1-5H3. The Labute approximate surface area is 164 Å². The zero-order valence-electron chi connectivity index (χ0n) is 16.2. The average Bonchev–Trinajstić information content (AvgIpc) is 3.08. The first-order chi connectivity index (χ1) is 13.0. The Kier molecular flexibility index (Phi) is 5.70. The molecule has 0 radical (unpaired) electrons. The van der Waals surface area contributed by atoms with Gasteiger partial charge in [0.1, 0.15) is 5.37 Å². The maximum absolute atomic E-state index is 12.6. The molecule has 1 atom stereocenters. The summed E-state index contributed by atoms with van der Waals surface area (Å²) < 4.78 is 16.3. The quantitative estimate of drug-likeness (QED) is 0.754. The van der Waals surface area contributed by atoms with Crippen molar-refractivity contribution in [1.82, 2.24) is 0 Å². The van der Waals surface area contributed by atoms with E-state index in [0.717, 1.165) is 16.9 Å². The van der Waals surface area contributed by atoms with E-state index in [1.54, 1.807) is 33.1 Å². The zero-order valence-corrected chi connectivity index (χ0v) is 17.0.